The molecule has 0 saturated carbocycles. The molecule has 1 aliphatic carbocycles. The van der Waals surface area contributed by atoms with E-state index in [1.54, 1.807) is 6.92 Å². The zero-order chi connectivity index (χ0) is 27.6. The fraction of sp³-hybridized carbons (Fsp3) is 0.360. The first-order valence-corrected chi connectivity index (χ1v) is 12.3. The molecule has 0 aromatic heterocycles. The average molecular weight is 576 g/mol. The summed E-state index contributed by atoms with van der Waals surface area (Å²) in [7, 11) is 0. The molecule has 1 aliphatic heterocycles. The molecule has 204 valence electrons. The lowest BCUT2D eigenvalue weighted by molar-refractivity contribution is -0.130. The second kappa shape index (κ2) is 11.4. The summed E-state index contributed by atoms with van der Waals surface area (Å²) in [6.07, 6.45) is -5.19. The van der Waals surface area contributed by atoms with Crippen LogP contribution in [-0.4, -0.2) is 43.3 Å². The van der Waals surface area contributed by atoms with Gasteiger partial charge in [-0.25, -0.2) is 4.39 Å². The average Bonchev–Trinajstić information content (AvgIpc) is 2.86. The van der Waals surface area contributed by atoms with Crippen LogP contribution in [0.15, 0.2) is 47.7 Å². The summed E-state index contributed by atoms with van der Waals surface area (Å²) in [6.45, 7) is 0.144. The molecule has 1 unspecified atom stereocenters. The Morgan fingerprint density at radius 1 is 1.13 bits per heavy atom. The maximum Gasteiger partial charge on any atom is 0.401 e. The first-order valence-electron chi connectivity index (χ1n) is 11.5. The first-order chi connectivity index (χ1) is 17.9. The van der Waals surface area contributed by atoms with Crippen LogP contribution < -0.4 is 25.4 Å². The highest BCUT2D eigenvalue weighted by Crippen LogP contribution is 2.37. The number of fused-ring (bicyclic) bond motifs is 1. The zero-order valence-corrected chi connectivity index (χ0v) is 21.4. The predicted octanol–water partition coefficient (Wildman–Crippen LogP) is 4.83. The van der Waals surface area contributed by atoms with Gasteiger partial charge in [-0.15, -0.1) is 0 Å². The van der Waals surface area contributed by atoms with Gasteiger partial charge in [0.05, 0.1) is 17.6 Å². The van der Waals surface area contributed by atoms with Crippen molar-refractivity contribution in [3.8, 4) is 11.5 Å². The Kier molecular flexibility index (Phi) is 8.39. The van der Waals surface area contributed by atoms with Gasteiger partial charge >= 0.3 is 6.18 Å². The summed E-state index contributed by atoms with van der Waals surface area (Å²) in [5, 5.41) is 8.20. The molecule has 1 heterocycles. The highest BCUT2D eigenvalue weighted by atomic mass is 35.5. The lowest BCUT2D eigenvalue weighted by Gasteiger charge is -2.35. The van der Waals surface area contributed by atoms with Crippen LogP contribution in [0.2, 0.25) is 10.0 Å². The van der Waals surface area contributed by atoms with Crippen molar-refractivity contribution in [1.82, 2.24) is 16.0 Å². The van der Waals surface area contributed by atoms with Gasteiger partial charge in [0.2, 0.25) is 0 Å². The lowest BCUT2D eigenvalue weighted by atomic mass is 9.88. The van der Waals surface area contributed by atoms with Crippen LogP contribution in [0.4, 0.5) is 17.6 Å². The van der Waals surface area contributed by atoms with Crippen molar-refractivity contribution in [2.45, 2.75) is 44.1 Å². The van der Waals surface area contributed by atoms with Gasteiger partial charge in [0, 0.05) is 41.2 Å². The van der Waals surface area contributed by atoms with E-state index in [4.69, 9.17) is 32.7 Å². The molecule has 2 amide bonds. The van der Waals surface area contributed by atoms with Crippen molar-refractivity contribution < 1.29 is 36.6 Å². The Balaban J connectivity index is 1.32. The zero-order valence-electron chi connectivity index (χ0n) is 19.9. The summed E-state index contributed by atoms with van der Waals surface area (Å²) in [5.41, 5.74) is 1.72. The standard InChI is InChI=1S/C25H23Cl2F4N3O4/c1-12-18(33-23(35)10-37-14-3-4-16(27)17(28)7-14)8-19(12)34-24(36)22-9-20(32-11-25(29,30)31)15-6-13(26)2-5-21(15)38-22/h2-7,18,20,22,32H,8-11H2,1H3,(H,33,35)(H,34,36)/t18?,20-,22-/m0/s1. The number of ether oxygens (including phenoxy) is 2. The van der Waals surface area contributed by atoms with Crippen molar-refractivity contribution in [3.05, 3.63) is 69.1 Å². The van der Waals surface area contributed by atoms with Gasteiger partial charge in [0.25, 0.3) is 11.8 Å². The van der Waals surface area contributed by atoms with Crippen molar-refractivity contribution in [2.75, 3.05) is 13.2 Å². The fourth-order valence-corrected chi connectivity index (χ4v) is 4.42. The van der Waals surface area contributed by atoms with Crippen molar-refractivity contribution in [3.63, 3.8) is 0 Å². The number of carbonyl (C=O) groups is 2. The van der Waals surface area contributed by atoms with Crippen LogP contribution in [0, 0.1) is 5.82 Å². The summed E-state index contributed by atoms with van der Waals surface area (Å²) >= 11 is 11.6. The first kappa shape index (κ1) is 28.0. The monoisotopic (exact) mass is 575 g/mol. The van der Waals surface area contributed by atoms with Gasteiger partial charge in [-0.05, 0) is 42.8 Å². The van der Waals surface area contributed by atoms with Crippen molar-refractivity contribution >= 4 is 35.0 Å². The molecule has 0 spiro atoms. The van der Waals surface area contributed by atoms with E-state index in [0.717, 1.165) is 6.07 Å². The van der Waals surface area contributed by atoms with Crippen LogP contribution in [0.5, 0.6) is 11.5 Å². The minimum Gasteiger partial charge on any atom is -0.484 e. The SMILES string of the molecule is CC1=C(NC(=O)[C@@H]2C[C@H](NCC(F)(F)F)c3cc(Cl)ccc3O2)CC1NC(=O)COc1ccc(Cl)c(F)c1. The van der Waals surface area contributed by atoms with Crippen LogP contribution in [-0.2, 0) is 9.59 Å². The highest BCUT2D eigenvalue weighted by Gasteiger charge is 2.37. The number of rotatable bonds is 8. The predicted molar refractivity (Wildman–Crippen MR) is 132 cm³/mol. The fourth-order valence-electron chi connectivity index (χ4n) is 4.12. The molecule has 0 bridgehead atoms. The minimum atomic E-state index is -4.43. The third kappa shape index (κ3) is 6.89. The van der Waals surface area contributed by atoms with Gasteiger partial charge in [-0.1, -0.05) is 23.2 Å². The van der Waals surface area contributed by atoms with Crippen molar-refractivity contribution in [1.29, 1.82) is 0 Å². The molecule has 13 heteroatoms. The maximum absolute atomic E-state index is 13.5. The summed E-state index contributed by atoms with van der Waals surface area (Å²) in [6, 6.07) is 7.23. The Bertz CT molecular complexity index is 1270. The molecule has 4 rings (SSSR count). The van der Waals surface area contributed by atoms with Gasteiger partial charge < -0.3 is 25.4 Å². The number of hydrogen-bond donors (Lipinski definition) is 3. The van der Waals surface area contributed by atoms with E-state index in [1.165, 1.54) is 30.3 Å². The molecule has 0 fully saturated rings. The number of carbonyl (C=O) groups excluding carboxylic acids is 2. The minimum absolute atomic E-state index is 0.0373. The molecule has 0 saturated heterocycles. The van der Waals surface area contributed by atoms with Gasteiger partial charge in [-0.3, -0.25) is 9.59 Å². The quantitative estimate of drug-likeness (QED) is 0.392. The second-order valence-electron chi connectivity index (χ2n) is 8.91. The van der Waals surface area contributed by atoms with Crippen molar-refractivity contribution in [2.24, 2.45) is 0 Å². The summed E-state index contributed by atoms with van der Waals surface area (Å²) < 4.78 is 63.0. The summed E-state index contributed by atoms with van der Waals surface area (Å²) in [5.74, 6) is -1.21. The Morgan fingerprint density at radius 2 is 1.89 bits per heavy atom. The number of alkyl halides is 3. The van der Waals surface area contributed by atoms with Crippen LogP contribution in [0.3, 0.4) is 0 Å². The number of halogens is 6. The van der Waals surface area contributed by atoms with Crippen LogP contribution >= 0.6 is 23.2 Å². The largest absolute Gasteiger partial charge is 0.484 e. The van der Waals surface area contributed by atoms with Gasteiger partial charge in [-0.2, -0.15) is 13.2 Å². The van der Waals surface area contributed by atoms with E-state index >= 15 is 0 Å². The van der Waals surface area contributed by atoms with Crippen LogP contribution in [0.25, 0.3) is 0 Å². The number of benzene rings is 2. The normalized spacial score (nSPS) is 20.7. The third-order valence-electron chi connectivity index (χ3n) is 6.18. The van der Waals surface area contributed by atoms with Gasteiger partial charge in [0.1, 0.15) is 17.3 Å². The van der Waals surface area contributed by atoms with Gasteiger partial charge in [0.15, 0.2) is 12.7 Å². The second-order valence-corrected chi connectivity index (χ2v) is 9.76. The van der Waals surface area contributed by atoms with E-state index in [-0.39, 0.29) is 35.6 Å². The van der Waals surface area contributed by atoms with E-state index in [9.17, 15) is 27.2 Å². The molecule has 2 aliphatic rings. The Labute approximate surface area is 225 Å². The van der Waals surface area contributed by atoms with Crippen LogP contribution in [0.1, 0.15) is 31.4 Å². The summed E-state index contributed by atoms with van der Waals surface area (Å²) in [4.78, 5) is 25.1. The molecule has 2 aromatic rings. The molecule has 38 heavy (non-hydrogen) atoms. The topological polar surface area (TPSA) is 88.7 Å². The number of amides is 2. The van der Waals surface area contributed by atoms with E-state index in [2.05, 4.69) is 16.0 Å². The molecular weight excluding hydrogens is 553 g/mol. The molecule has 3 N–H and O–H groups in total. The molecule has 3 atom stereocenters. The smallest absolute Gasteiger partial charge is 0.401 e. The molecule has 2 aromatic carbocycles. The maximum atomic E-state index is 13.5. The Morgan fingerprint density at radius 3 is 2.58 bits per heavy atom. The van der Waals surface area contributed by atoms with E-state index in [1.807, 2.05) is 0 Å². The Hall–Kier alpha value is -3.02. The number of nitrogens with one attached hydrogen (secondary N) is 3. The lowest BCUT2D eigenvalue weighted by Crippen LogP contribution is -2.49. The van der Waals surface area contributed by atoms with E-state index < -0.39 is 42.5 Å². The molecule has 7 nitrogen and oxygen atoms in total. The number of hydrogen-bond acceptors (Lipinski definition) is 5. The molecular formula is C25H23Cl2F4N3O4. The van der Waals surface area contributed by atoms with E-state index in [0.29, 0.717) is 28.3 Å². The highest BCUT2D eigenvalue weighted by molar-refractivity contribution is 6.31. The third-order valence-corrected chi connectivity index (χ3v) is 6.73. The molecule has 0 radical (unpaired) electrons.